The van der Waals surface area contributed by atoms with E-state index in [-0.39, 0.29) is 5.92 Å². The molecule has 0 aromatic rings. The molecule has 0 fully saturated rings. The van der Waals surface area contributed by atoms with E-state index in [9.17, 15) is 19.8 Å². The summed E-state index contributed by atoms with van der Waals surface area (Å²) in [6.07, 6.45) is 18.6. The molecule has 1 unspecified atom stereocenters. The van der Waals surface area contributed by atoms with Crippen molar-refractivity contribution in [2.45, 2.75) is 117 Å². The molecule has 26 heavy (non-hydrogen) atoms. The first-order valence-electron chi connectivity index (χ1n) is 10.8. The second-order valence-electron chi connectivity index (χ2n) is 8.10. The summed E-state index contributed by atoms with van der Waals surface area (Å²) in [5, 5.41) is 18.4. The van der Waals surface area contributed by atoms with Crippen molar-refractivity contribution in [3.63, 3.8) is 0 Å². The van der Waals surface area contributed by atoms with Gasteiger partial charge in [-0.25, -0.2) is 0 Å². The largest absolute Gasteiger partial charge is 0.480 e. The molecule has 0 aromatic heterocycles. The monoisotopic (exact) mass is 370 g/mol. The van der Waals surface area contributed by atoms with Crippen LogP contribution in [0.4, 0.5) is 0 Å². The van der Waals surface area contributed by atoms with Gasteiger partial charge >= 0.3 is 11.9 Å². The van der Waals surface area contributed by atoms with Crippen LogP contribution in [0.2, 0.25) is 0 Å². The van der Waals surface area contributed by atoms with Crippen LogP contribution in [0.5, 0.6) is 0 Å². The van der Waals surface area contributed by atoms with Crippen LogP contribution in [0.3, 0.4) is 0 Å². The molecule has 4 nitrogen and oxygen atoms in total. The Kier molecular flexibility index (Phi) is 14.4. The molecule has 0 spiro atoms. The van der Waals surface area contributed by atoms with E-state index in [1.807, 2.05) is 0 Å². The zero-order valence-electron chi connectivity index (χ0n) is 17.4. The summed E-state index contributed by atoms with van der Waals surface area (Å²) in [5.41, 5.74) is -1.67. The van der Waals surface area contributed by atoms with Crippen LogP contribution in [0, 0.1) is 11.3 Å². The quantitative estimate of drug-likeness (QED) is 0.209. The molecule has 0 saturated heterocycles. The molecule has 4 heteroatoms. The predicted octanol–water partition coefficient (Wildman–Crippen LogP) is 6.67. The lowest BCUT2D eigenvalue weighted by atomic mass is 9.75. The van der Waals surface area contributed by atoms with Crippen molar-refractivity contribution < 1.29 is 19.8 Å². The fraction of sp³-hybridized carbons (Fsp3) is 0.909. The van der Waals surface area contributed by atoms with Gasteiger partial charge < -0.3 is 10.2 Å². The van der Waals surface area contributed by atoms with Crippen LogP contribution in [-0.4, -0.2) is 22.2 Å². The standard InChI is InChI=1S/C22H42O4/c1-4-5-6-7-8-9-10-11-12-13-14-15-16-17-18-19(2)22(3,20(23)24)21(25)26/h19H,4-18H2,1-3H3,(H,23,24)(H,25,26). The Hall–Kier alpha value is -1.06. The highest BCUT2D eigenvalue weighted by Crippen LogP contribution is 2.32. The summed E-state index contributed by atoms with van der Waals surface area (Å²) in [4.78, 5) is 22.5. The van der Waals surface area contributed by atoms with Crippen molar-refractivity contribution in [3.05, 3.63) is 0 Å². The van der Waals surface area contributed by atoms with E-state index in [2.05, 4.69) is 6.92 Å². The smallest absolute Gasteiger partial charge is 0.321 e. The zero-order valence-corrected chi connectivity index (χ0v) is 17.4. The van der Waals surface area contributed by atoms with Gasteiger partial charge in [-0.05, 0) is 19.3 Å². The van der Waals surface area contributed by atoms with E-state index in [1.54, 1.807) is 6.92 Å². The topological polar surface area (TPSA) is 74.6 Å². The lowest BCUT2D eigenvalue weighted by Gasteiger charge is -2.27. The Morgan fingerprint density at radius 1 is 0.692 bits per heavy atom. The van der Waals surface area contributed by atoms with Gasteiger partial charge in [-0.2, -0.15) is 0 Å². The van der Waals surface area contributed by atoms with Crippen molar-refractivity contribution in [1.82, 2.24) is 0 Å². The normalized spacial score (nSPS) is 12.9. The van der Waals surface area contributed by atoms with Gasteiger partial charge in [0.05, 0.1) is 0 Å². The molecule has 0 aliphatic heterocycles. The number of unbranched alkanes of at least 4 members (excludes halogenated alkanes) is 13. The molecule has 154 valence electrons. The van der Waals surface area contributed by atoms with E-state index < -0.39 is 17.4 Å². The summed E-state index contributed by atoms with van der Waals surface area (Å²) in [5.74, 6) is -2.82. The maximum absolute atomic E-state index is 11.3. The summed E-state index contributed by atoms with van der Waals surface area (Å²) in [7, 11) is 0. The Morgan fingerprint density at radius 2 is 1.00 bits per heavy atom. The van der Waals surface area contributed by atoms with E-state index in [1.165, 1.54) is 84.0 Å². The van der Waals surface area contributed by atoms with Crippen molar-refractivity contribution in [1.29, 1.82) is 0 Å². The summed E-state index contributed by atoms with van der Waals surface area (Å²) in [6.45, 7) is 5.32. The van der Waals surface area contributed by atoms with Crippen LogP contribution in [0.15, 0.2) is 0 Å². The minimum absolute atomic E-state index is 0.352. The minimum atomic E-state index is -1.67. The maximum atomic E-state index is 11.3. The third kappa shape index (κ3) is 10.2. The lowest BCUT2D eigenvalue weighted by Crippen LogP contribution is -2.42. The van der Waals surface area contributed by atoms with E-state index in [4.69, 9.17) is 0 Å². The van der Waals surface area contributed by atoms with Crippen LogP contribution < -0.4 is 0 Å². The van der Waals surface area contributed by atoms with Crippen molar-refractivity contribution in [2.75, 3.05) is 0 Å². The molecular formula is C22H42O4. The number of hydrogen-bond acceptors (Lipinski definition) is 2. The molecule has 0 saturated carbocycles. The number of rotatable bonds is 18. The highest BCUT2D eigenvalue weighted by Gasteiger charge is 2.46. The predicted molar refractivity (Wildman–Crippen MR) is 107 cm³/mol. The molecule has 1 atom stereocenters. The minimum Gasteiger partial charge on any atom is -0.480 e. The third-order valence-electron chi connectivity index (χ3n) is 5.86. The first-order chi connectivity index (χ1) is 12.4. The second-order valence-corrected chi connectivity index (χ2v) is 8.10. The Labute approximate surface area is 160 Å². The van der Waals surface area contributed by atoms with Crippen LogP contribution in [-0.2, 0) is 9.59 Å². The van der Waals surface area contributed by atoms with Gasteiger partial charge in [0.25, 0.3) is 0 Å². The highest BCUT2D eigenvalue weighted by atomic mass is 16.4. The number of aliphatic carboxylic acids is 2. The van der Waals surface area contributed by atoms with E-state index in [0.29, 0.717) is 6.42 Å². The molecule has 0 bridgehead atoms. The second kappa shape index (κ2) is 15.0. The first-order valence-corrected chi connectivity index (χ1v) is 10.8. The summed E-state index contributed by atoms with van der Waals surface area (Å²) < 4.78 is 0. The van der Waals surface area contributed by atoms with Gasteiger partial charge in [0.2, 0.25) is 0 Å². The Bertz CT molecular complexity index is 364. The van der Waals surface area contributed by atoms with Crippen molar-refractivity contribution in [2.24, 2.45) is 11.3 Å². The number of carboxylic acids is 2. The zero-order chi connectivity index (χ0) is 19.8. The van der Waals surface area contributed by atoms with Gasteiger partial charge in [-0.1, -0.05) is 104 Å². The SMILES string of the molecule is CCCCCCCCCCCCCCCCC(C)C(C)(C(=O)O)C(=O)O. The van der Waals surface area contributed by atoms with E-state index in [0.717, 1.165) is 12.8 Å². The van der Waals surface area contributed by atoms with Crippen molar-refractivity contribution in [3.8, 4) is 0 Å². The Morgan fingerprint density at radius 3 is 1.31 bits per heavy atom. The first kappa shape index (κ1) is 24.9. The lowest BCUT2D eigenvalue weighted by molar-refractivity contribution is -0.167. The van der Waals surface area contributed by atoms with Gasteiger partial charge in [0.15, 0.2) is 5.41 Å². The van der Waals surface area contributed by atoms with Crippen molar-refractivity contribution >= 4 is 11.9 Å². The van der Waals surface area contributed by atoms with Gasteiger partial charge in [-0.3, -0.25) is 9.59 Å². The number of hydrogen-bond donors (Lipinski definition) is 2. The van der Waals surface area contributed by atoms with E-state index >= 15 is 0 Å². The average molecular weight is 371 g/mol. The van der Waals surface area contributed by atoms with Gasteiger partial charge in [-0.15, -0.1) is 0 Å². The Balaban J connectivity index is 3.54. The molecule has 0 aromatic carbocycles. The van der Waals surface area contributed by atoms with Crippen LogP contribution in [0.1, 0.15) is 117 Å². The number of carbonyl (C=O) groups is 2. The molecule has 0 rings (SSSR count). The van der Waals surface area contributed by atoms with Gasteiger partial charge in [0, 0.05) is 0 Å². The molecule has 0 aliphatic rings. The summed E-state index contributed by atoms with van der Waals surface area (Å²) in [6, 6.07) is 0. The fourth-order valence-electron chi connectivity index (χ4n) is 3.45. The average Bonchev–Trinajstić information content (AvgIpc) is 2.60. The third-order valence-corrected chi connectivity index (χ3v) is 5.86. The van der Waals surface area contributed by atoms with Crippen LogP contribution in [0.25, 0.3) is 0 Å². The maximum Gasteiger partial charge on any atom is 0.321 e. The molecule has 0 radical (unpaired) electrons. The molecular weight excluding hydrogens is 328 g/mol. The highest BCUT2D eigenvalue weighted by molar-refractivity contribution is 5.98. The van der Waals surface area contributed by atoms with Crippen LogP contribution >= 0.6 is 0 Å². The molecule has 2 N–H and O–H groups in total. The summed E-state index contributed by atoms with van der Waals surface area (Å²) >= 11 is 0. The fourth-order valence-corrected chi connectivity index (χ4v) is 3.45. The van der Waals surface area contributed by atoms with Gasteiger partial charge in [0.1, 0.15) is 0 Å². The molecule has 0 heterocycles. The molecule has 0 amide bonds. The molecule has 0 aliphatic carbocycles. The number of carboxylic acid groups (broad SMARTS) is 2.